The second-order valence-electron chi connectivity index (χ2n) is 9.21. The van der Waals surface area contributed by atoms with E-state index in [4.69, 9.17) is 0 Å². The first-order valence-corrected chi connectivity index (χ1v) is 12.0. The van der Waals surface area contributed by atoms with E-state index >= 15 is 0 Å². The molecule has 0 saturated carbocycles. The Kier molecular flexibility index (Phi) is 7.47. The highest BCUT2D eigenvalue weighted by Crippen LogP contribution is 2.30. The number of halogens is 3. The van der Waals surface area contributed by atoms with Crippen molar-refractivity contribution in [3.63, 3.8) is 0 Å². The predicted octanol–water partition coefficient (Wildman–Crippen LogP) is 5.11. The van der Waals surface area contributed by atoms with Crippen molar-refractivity contribution in [2.45, 2.75) is 51.4 Å². The molecule has 1 atom stereocenters. The normalized spacial score (nSPS) is 15.5. The summed E-state index contributed by atoms with van der Waals surface area (Å²) in [6.07, 6.45) is -3.12. The van der Waals surface area contributed by atoms with Crippen LogP contribution in [0.1, 0.15) is 64.6 Å². The number of carbonyl (C=O) groups excluding carboxylic acids is 2. The number of alkyl halides is 3. The van der Waals surface area contributed by atoms with Crippen LogP contribution in [-0.4, -0.2) is 39.6 Å². The fourth-order valence-corrected chi connectivity index (χ4v) is 4.54. The van der Waals surface area contributed by atoms with Crippen LogP contribution in [0.25, 0.3) is 0 Å². The molecule has 1 aromatic heterocycles. The molecule has 1 N–H and O–H groups in total. The molecule has 6 nitrogen and oxygen atoms in total. The Morgan fingerprint density at radius 2 is 1.75 bits per heavy atom. The number of aryl methyl sites for hydroxylation is 1. The summed E-state index contributed by atoms with van der Waals surface area (Å²) < 4.78 is 39.8. The summed E-state index contributed by atoms with van der Waals surface area (Å²) >= 11 is 0. The highest BCUT2D eigenvalue weighted by molar-refractivity contribution is 5.94. The summed E-state index contributed by atoms with van der Waals surface area (Å²) in [4.78, 5) is 27.2. The molecule has 0 aliphatic carbocycles. The Hall–Kier alpha value is -3.62. The van der Waals surface area contributed by atoms with Crippen molar-refractivity contribution in [3.05, 3.63) is 88.7 Å². The average Bonchev–Trinajstić information content (AvgIpc) is 3.25. The second-order valence-corrected chi connectivity index (χ2v) is 9.21. The van der Waals surface area contributed by atoms with Crippen LogP contribution in [0.4, 0.5) is 13.2 Å². The summed E-state index contributed by atoms with van der Waals surface area (Å²) in [5, 5.41) is 6.58. The van der Waals surface area contributed by atoms with E-state index in [0.29, 0.717) is 37.2 Å². The molecule has 1 aliphatic rings. The standard InChI is InChI=1S/C27H29F3N4O2/c1-18-15-24(27(28,29)30)32-34(18)17-25(35)33-13-11-21(12-14-33)22-9-6-10-23(16-22)26(36)31-19(2)20-7-4-3-5-8-20/h3-10,15-16,19,21H,11-14,17H2,1-2H3,(H,31,36)/t19-/m1/s1. The summed E-state index contributed by atoms with van der Waals surface area (Å²) in [5.41, 5.74) is 1.96. The maximum Gasteiger partial charge on any atom is 0.435 e. The Morgan fingerprint density at radius 1 is 1.06 bits per heavy atom. The van der Waals surface area contributed by atoms with Gasteiger partial charge in [0.05, 0.1) is 6.04 Å². The van der Waals surface area contributed by atoms with Gasteiger partial charge in [-0.3, -0.25) is 14.3 Å². The van der Waals surface area contributed by atoms with Crippen LogP contribution in [0.2, 0.25) is 0 Å². The van der Waals surface area contributed by atoms with Gasteiger partial charge in [-0.25, -0.2) is 0 Å². The van der Waals surface area contributed by atoms with E-state index in [1.165, 1.54) is 6.92 Å². The number of piperidine rings is 1. The van der Waals surface area contributed by atoms with E-state index in [9.17, 15) is 22.8 Å². The Bertz CT molecular complexity index is 1220. The SMILES string of the molecule is Cc1cc(C(F)(F)F)nn1CC(=O)N1CCC(c2cccc(C(=O)N[C@H](C)c3ccccc3)c2)CC1. The molecule has 2 aromatic carbocycles. The molecule has 1 aliphatic heterocycles. The zero-order valence-corrected chi connectivity index (χ0v) is 20.3. The highest BCUT2D eigenvalue weighted by atomic mass is 19.4. The molecular weight excluding hydrogens is 469 g/mol. The molecular formula is C27H29F3N4O2. The minimum atomic E-state index is -4.54. The average molecular weight is 499 g/mol. The lowest BCUT2D eigenvalue weighted by atomic mass is 9.88. The molecule has 190 valence electrons. The van der Waals surface area contributed by atoms with Crippen LogP contribution in [0.3, 0.4) is 0 Å². The number of nitrogens with zero attached hydrogens (tertiary/aromatic N) is 3. The molecule has 0 radical (unpaired) electrons. The molecule has 3 aromatic rings. The smallest absolute Gasteiger partial charge is 0.346 e. The van der Waals surface area contributed by atoms with Gasteiger partial charge in [0.15, 0.2) is 5.69 Å². The highest BCUT2D eigenvalue weighted by Gasteiger charge is 2.35. The van der Waals surface area contributed by atoms with Crippen molar-refractivity contribution in [1.82, 2.24) is 20.0 Å². The molecule has 0 bridgehead atoms. The minimum Gasteiger partial charge on any atom is -0.346 e. The summed E-state index contributed by atoms with van der Waals surface area (Å²) in [6.45, 7) is 4.22. The maximum absolute atomic E-state index is 12.9. The van der Waals surface area contributed by atoms with Gasteiger partial charge in [0.2, 0.25) is 5.91 Å². The fraction of sp³-hybridized carbons (Fsp3) is 0.370. The van der Waals surface area contributed by atoms with E-state index in [1.54, 1.807) is 11.0 Å². The number of likely N-dealkylation sites (tertiary alicyclic amines) is 1. The first-order chi connectivity index (χ1) is 17.1. The molecule has 36 heavy (non-hydrogen) atoms. The number of carbonyl (C=O) groups is 2. The van der Waals surface area contributed by atoms with Gasteiger partial charge >= 0.3 is 6.18 Å². The van der Waals surface area contributed by atoms with Crippen LogP contribution < -0.4 is 5.32 Å². The van der Waals surface area contributed by atoms with Gasteiger partial charge < -0.3 is 10.2 Å². The van der Waals surface area contributed by atoms with Crippen molar-refractivity contribution in [3.8, 4) is 0 Å². The third-order valence-electron chi connectivity index (χ3n) is 6.67. The van der Waals surface area contributed by atoms with Crippen LogP contribution in [0.15, 0.2) is 60.7 Å². The lowest BCUT2D eigenvalue weighted by Crippen LogP contribution is -2.40. The number of benzene rings is 2. The number of amides is 2. The number of aromatic nitrogens is 2. The van der Waals surface area contributed by atoms with Crippen molar-refractivity contribution in [1.29, 1.82) is 0 Å². The lowest BCUT2D eigenvalue weighted by molar-refractivity contribution is -0.142. The van der Waals surface area contributed by atoms with Crippen LogP contribution >= 0.6 is 0 Å². The Balaban J connectivity index is 1.34. The number of hydrogen-bond acceptors (Lipinski definition) is 3. The fourth-order valence-electron chi connectivity index (χ4n) is 4.54. The minimum absolute atomic E-state index is 0.123. The Labute approximate surface area is 208 Å². The third-order valence-corrected chi connectivity index (χ3v) is 6.67. The van der Waals surface area contributed by atoms with Crippen molar-refractivity contribution < 1.29 is 22.8 Å². The van der Waals surface area contributed by atoms with Crippen molar-refractivity contribution in [2.75, 3.05) is 13.1 Å². The molecule has 0 spiro atoms. The topological polar surface area (TPSA) is 67.2 Å². The van der Waals surface area contributed by atoms with Crippen LogP contribution in [-0.2, 0) is 17.5 Å². The molecule has 2 amide bonds. The molecule has 1 fully saturated rings. The quantitative estimate of drug-likeness (QED) is 0.514. The third kappa shape index (κ3) is 5.95. The number of nitrogens with one attached hydrogen (secondary N) is 1. The number of hydrogen-bond donors (Lipinski definition) is 1. The van der Waals surface area contributed by atoms with E-state index < -0.39 is 11.9 Å². The number of rotatable bonds is 6. The van der Waals surface area contributed by atoms with Gasteiger partial charge in [-0.15, -0.1) is 0 Å². The van der Waals surface area contributed by atoms with Gasteiger partial charge in [0.1, 0.15) is 6.54 Å². The first-order valence-electron chi connectivity index (χ1n) is 12.0. The van der Waals surface area contributed by atoms with E-state index in [1.807, 2.05) is 55.5 Å². The van der Waals surface area contributed by atoms with Gasteiger partial charge in [-0.2, -0.15) is 18.3 Å². The van der Waals surface area contributed by atoms with Gasteiger partial charge in [-0.05, 0) is 61.9 Å². The zero-order chi connectivity index (χ0) is 25.9. The van der Waals surface area contributed by atoms with Crippen LogP contribution in [0.5, 0.6) is 0 Å². The molecule has 4 rings (SSSR count). The summed E-state index contributed by atoms with van der Waals surface area (Å²) in [7, 11) is 0. The Morgan fingerprint density at radius 3 is 2.39 bits per heavy atom. The first kappa shape index (κ1) is 25.5. The summed E-state index contributed by atoms with van der Waals surface area (Å²) in [6, 6.07) is 18.1. The molecule has 2 heterocycles. The van der Waals surface area contributed by atoms with Crippen molar-refractivity contribution >= 4 is 11.8 Å². The van der Waals surface area contributed by atoms with Gasteiger partial charge in [-0.1, -0.05) is 42.5 Å². The van der Waals surface area contributed by atoms with E-state index in [-0.39, 0.29) is 30.3 Å². The van der Waals surface area contributed by atoms with Gasteiger partial charge in [0, 0.05) is 24.3 Å². The molecule has 1 saturated heterocycles. The van der Waals surface area contributed by atoms with E-state index in [2.05, 4.69) is 10.4 Å². The van der Waals surface area contributed by atoms with Crippen LogP contribution in [0, 0.1) is 6.92 Å². The second kappa shape index (κ2) is 10.6. The maximum atomic E-state index is 12.9. The monoisotopic (exact) mass is 498 g/mol. The lowest BCUT2D eigenvalue weighted by Gasteiger charge is -2.32. The predicted molar refractivity (Wildman–Crippen MR) is 129 cm³/mol. The molecule has 0 unspecified atom stereocenters. The zero-order valence-electron chi connectivity index (χ0n) is 20.3. The summed E-state index contributed by atoms with van der Waals surface area (Å²) in [5.74, 6) is -0.207. The largest absolute Gasteiger partial charge is 0.435 e. The van der Waals surface area contributed by atoms with Crippen molar-refractivity contribution in [2.24, 2.45) is 0 Å². The molecule has 9 heteroatoms. The van der Waals surface area contributed by atoms with Gasteiger partial charge in [0.25, 0.3) is 5.91 Å². The van der Waals surface area contributed by atoms with E-state index in [0.717, 1.165) is 21.9 Å².